The Morgan fingerprint density at radius 2 is 1.82 bits per heavy atom. The molecular weight excluding hydrogens is 352 g/mol. The van der Waals surface area contributed by atoms with Gasteiger partial charge in [0.25, 0.3) is 5.91 Å². The van der Waals surface area contributed by atoms with Gasteiger partial charge < -0.3 is 15.0 Å². The third kappa shape index (κ3) is 5.84. The van der Waals surface area contributed by atoms with Gasteiger partial charge in [-0.25, -0.2) is 0 Å². The predicted molar refractivity (Wildman–Crippen MR) is 111 cm³/mol. The second kappa shape index (κ2) is 10.5. The van der Waals surface area contributed by atoms with E-state index in [9.17, 15) is 9.59 Å². The lowest BCUT2D eigenvalue weighted by Crippen LogP contribution is -2.50. The SMILES string of the molecule is CCNC(=O)C(CC)N(Cc1cccc(C)c1)C(=O)COc1ccccc1C. The van der Waals surface area contributed by atoms with Crippen LogP contribution in [0.3, 0.4) is 0 Å². The molecule has 150 valence electrons. The molecular formula is C23H30N2O3. The van der Waals surface area contributed by atoms with Gasteiger partial charge in [0.2, 0.25) is 5.91 Å². The van der Waals surface area contributed by atoms with E-state index in [1.807, 2.05) is 76.2 Å². The van der Waals surface area contributed by atoms with Crippen molar-refractivity contribution in [2.24, 2.45) is 0 Å². The van der Waals surface area contributed by atoms with Gasteiger partial charge in [-0.05, 0) is 44.4 Å². The van der Waals surface area contributed by atoms with Crippen LogP contribution in [0.1, 0.15) is 37.0 Å². The third-order valence-corrected chi connectivity index (χ3v) is 4.62. The molecule has 0 fully saturated rings. The van der Waals surface area contributed by atoms with E-state index < -0.39 is 6.04 Å². The minimum Gasteiger partial charge on any atom is -0.484 e. The Morgan fingerprint density at radius 1 is 1.07 bits per heavy atom. The number of benzene rings is 2. The first-order valence-electron chi connectivity index (χ1n) is 9.77. The first kappa shape index (κ1) is 21.5. The monoisotopic (exact) mass is 382 g/mol. The molecule has 0 saturated carbocycles. The molecule has 0 spiro atoms. The maximum atomic E-state index is 13.0. The molecule has 0 aliphatic heterocycles. The fourth-order valence-corrected chi connectivity index (χ4v) is 3.16. The summed E-state index contributed by atoms with van der Waals surface area (Å²) in [4.78, 5) is 27.2. The number of para-hydroxylation sites is 1. The Labute approximate surface area is 167 Å². The summed E-state index contributed by atoms with van der Waals surface area (Å²) in [6.45, 7) is 8.53. The number of carbonyl (C=O) groups excluding carboxylic acids is 2. The first-order valence-corrected chi connectivity index (χ1v) is 9.77. The molecule has 2 aromatic rings. The van der Waals surface area contributed by atoms with Crippen LogP contribution in [0.25, 0.3) is 0 Å². The average molecular weight is 383 g/mol. The Hall–Kier alpha value is -2.82. The van der Waals surface area contributed by atoms with Crippen molar-refractivity contribution in [3.05, 3.63) is 65.2 Å². The average Bonchev–Trinajstić information content (AvgIpc) is 2.67. The van der Waals surface area contributed by atoms with Gasteiger partial charge in [-0.1, -0.05) is 55.0 Å². The van der Waals surface area contributed by atoms with Crippen molar-refractivity contribution in [2.75, 3.05) is 13.2 Å². The Morgan fingerprint density at radius 3 is 2.46 bits per heavy atom. The summed E-state index contributed by atoms with van der Waals surface area (Å²) in [5, 5.41) is 2.84. The molecule has 0 saturated heterocycles. The molecule has 0 aliphatic carbocycles. The van der Waals surface area contributed by atoms with Gasteiger partial charge >= 0.3 is 0 Å². The maximum absolute atomic E-state index is 13.0. The highest BCUT2D eigenvalue weighted by atomic mass is 16.5. The van der Waals surface area contributed by atoms with E-state index in [0.717, 1.165) is 16.7 Å². The first-order chi connectivity index (χ1) is 13.5. The fourth-order valence-electron chi connectivity index (χ4n) is 3.16. The van der Waals surface area contributed by atoms with Crippen LogP contribution in [0.4, 0.5) is 0 Å². The number of nitrogens with zero attached hydrogens (tertiary/aromatic N) is 1. The summed E-state index contributed by atoms with van der Waals surface area (Å²) in [6, 6.07) is 15.0. The van der Waals surface area contributed by atoms with E-state index in [1.165, 1.54) is 0 Å². The van der Waals surface area contributed by atoms with Crippen molar-refractivity contribution in [3.8, 4) is 5.75 Å². The number of rotatable bonds is 9. The molecule has 0 heterocycles. The number of carbonyl (C=O) groups is 2. The number of hydrogen-bond acceptors (Lipinski definition) is 3. The summed E-state index contributed by atoms with van der Waals surface area (Å²) in [7, 11) is 0. The van der Waals surface area contributed by atoms with E-state index >= 15 is 0 Å². The van der Waals surface area contributed by atoms with Gasteiger partial charge in [0, 0.05) is 13.1 Å². The molecule has 0 radical (unpaired) electrons. The van der Waals surface area contributed by atoms with Gasteiger partial charge in [0.05, 0.1) is 0 Å². The van der Waals surface area contributed by atoms with E-state index in [0.29, 0.717) is 25.3 Å². The van der Waals surface area contributed by atoms with Crippen LogP contribution < -0.4 is 10.1 Å². The zero-order chi connectivity index (χ0) is 20.5. The van der Waals surface area contributed by atoms with Crippen LogP contribution in [-0.2, 0) is 16.1 Å². The Bertz CT molecular complexity index is 804. The van der Waals surface area contributed by atoms with Crippen LogP contribution in [0.15, 0.2) is 48.5 Å². The van der Waals surface area contributed by atoms with Crippen LogP contribution >= 0.6 is 0 Å². The molecule has 2 amide bonds. The Balaban J connectivity index is 2.21. The summed E-state index contributed by atoms with van der Waals surface area (Å²) in [5.41, 5.74) is 3.08. The zero-order valence-corrected chi connectivity index (χ0v) is 17.2. The minimum absolute atomic E-state index is 0.105. The molecule has 0 aromatic heterocycles. The number of aryl methyl sites for hydroxylation is 2. The molecule has 5 heteroatoms. The van der Waals surface area contributed by atoms with Crippen molar-refractivity contribution in [1.29, 1.82) is 0 Å². The number of hydrogen-bond donors (Lipinski definition) is 1. The largest absolute Gasteiger partial charge is 0.484 e. The van der Waals surface area contributed by atoms with Crippen molar-refractivity contribution in [3.63, 3.8) is 0 Å². The Kier molecular flexibility index (Phi) is 8.05. The topological polar surface area (TPSA) is 58.6 Å². The molecule has 1 unspecified atom stereocenters. The maximum Gasteiger partial charge on any atom is 0.261 e. The quantitative estimate of drug-likeness (QED) is 0.721. The predicted octanol–water partition coefficient (Wildman–Crippen LogP) is 3.63. The molecule has 2 aromatic carbocycles. The van der Waals surface area contributed by atoms with Crippen LogP contribution in [0, 0.1) is 13.8 Å². The number of ether oxygens (including phenoxy) is 1. The summed E-state index contributed by atoms with van der Waals surface area (Å²) < 4.78 is 5.75. The van der Waals surface area contributed by atoms with Gasteiger partial charge in [0.1, 0.15) is 11.8 Å². The number of amides is 2. The highest BCUT2D eigenvalue weighted by Gasteiger charge is 2.28. The van der Waals surface area contributed by atoms with E-state index in [-0.39, 0.29) is 18.4 Å². The highest BCUT2D eigenvalue weighted by molar-refractivity contribution is 5.88. The van der Waals surface area contributed by atoms with Crippen LogP contribution in [0.2, 0.25) is 0 Å². The van der Waals surface area contributed by atoms with E-state index in [2.05, 4.69) is 5.32 Å². The molecule has 28 heavy (non-hydrogen) atoms. The number of nitrogens with one attached hydrogen (secondary N) is 1. The smallest absolute Gasteiger partial charge is 0.261 e. The van der Waals surface area contributed by atoms with Crippen molar-refractivity contribution >= 4 is 11.8 Å². The molecule has 2 rings (SSSR count). The lowest BCUT2D eigenvalue weighted by Gasteiger charge is -2.30. The molecule has 0 aliphatic rings. The standard InChI is InChI=1S/C23H30N2O3/c1-5-20(23(27)24-6-2)25(15-19-12-9-10-17(3)14-19)22(26)16-28-21-13-8-7-11-18(21)4/h7-14,20H,5-6,15-16H2,1-4H3,(H,24,27). The molecule has 0 bridgehead atoms. The van der Waals surface area contributed by atoms with Gasteiger partial charge in [-0.15, -0.1) is 0 Å². The van der Waals surface area contributed by atoms with Crippen molar-refractivity contribution in [2.45, 2.75) is 46.7 Å². The van der Waals surface area contributed by atoms with E-state index in [1.54, 1.807) is 4.90 Å². The normalized spacial score (nSPS) is 11.6. The summed E-state index contributed by atoms with van der Waals surface area (Å²) in [5.74, 6) is 0.335. The molecule has 1 N–H and O–H groups in total. The van der Waals surface area contributed by atoms with E-state index in [4.69, 9.17) is 4.74 Å². The van der Waals surface area contributed by atoms with Gasteiger partial charge in [0.15, 0.2) is 6.61 Å². The second-order valence-corrected chi connectivity index (χ2v) is 6.88. The zero-order valence-electron chi connectivity index (χ0n) is 17.2. The van der Waals surface area contributed by atoms with Gasteiger partial charge in [-0.2, -0.15) is 0 Å². The lowest BCUT2D eigenvalue weighted by atomic mass is 10.1. The highest BCUT2D eigenvalue weighted by Crippen LogP contribution is 2.18. The van der Waals surface area contributed by atoms with Gasteiger partial charge in [-0.3, -0.25) is 9.59 Å². The molecule has 1 atom stereocenters. The minimum atomic E-state index is -0.534. The lowest BCUT2D eigenvalue weighted by molar-refractivity contribution is -0.142. The van der Waals surface area contributed by atoms with Crippen LogP contribution in [-0.4, -0.2) is 35.9 Å². The van der Waals surface area contributed by atoms with Crippen LogP contribution in [0.5, 0.6) is 5.75 Å². The van der Waals surface area contributed by atoms with Crippen molar-refractivity contribution < 1.29 is 14.3 Å². The van der Waals surface area contributed by atoms with Crippen molar-refractivity contribution in [1.82, 2.24) is 10.2 Å². The summed E-state index contributed by atoms with van der Waals surface area (Å²) >= 11 is 0. The number of likely N-dealkylation sites (N-methyl/N-ethyl adjacent to an activating group) is 1. The fraction of sp³-hybridized carbons (Fsp3) is 0.391. The molecule has 5 nitrogen and oxygen atoms in total. The second-order valence-electron chi connectivity index (χ2n) is 6.88. The summed E-state index contributed by atoms with van der Waals surface area (Å²) in [6.07, 6.45) is 0.535. The third-order valence-electron chi connectivity index (χ3n) is 4.62.